The summed E-state index contributed by atoms with van der Waals surface area (Å²) in [5, 5.41) is 14.2. The quantitative estimate of drug-likeness (QED) is 0.379. The van der Waals surface area contributed by atoms with Crippen LogP contribution in [0.3, 0.4) is 0 Å². The third-order valence-corrected chi connectivity index (χ3v) is 9.72. The van der Waals surface area contributed by atoms with Crippen LogP contribution in [-0.4, -0.2) is 132 Å². The van der Waals surface area contributed by atoms with Crippen LogP contribution >= 0.6 is 0 Å². The molecule has 4 unspecified atom stereocenters. The van der Waals surface area contributed by atoms with E-state index in [2.05, 4.69) is 42.9 Å². The van der Waals surface area contributed by atoms with Crippen LogP contribution < -0.4 is 9.64 Å². The van der Waals surface area contributed by atoms with Crippen LogP contribution in [0, 0.1) is 11.3 Å². The highest BCUT2D eigenvalue weighted by Crippen LogP contribution is 2.35. The highest BCUT2D eigenvalue weighted by molar-refractivity contribution is 5.85. The molecule has 0 amide bonds. The van der Waals surface area contributed by atoms with Gasteiger partial charge in [0.25, 0.3) is 0 Å². The molecule has 3 aromatic rings. The first-order valence-corrected chi connectivity index (χ1v) is 15.4. The number of rotatable bonds is 9. The number of pyridine rings is 2. The van der Waals surface area contributed by atoms with Crippen LogP contribution in [0.4, 0.5) is 5.82 Å². The number of aromatic nitrogens is 3. The summed E-state index contributed by atoms with van der Waals surface area (Å²) in [5.41, 5.74) is 3.18. The Labute approximate surface area is 246 Å². The van der Waals surface area contributed by atoms with E-state index in [9.17, 15) is 5.26 Å². The van der Waals surface area contributed by atoms with Crippen molar-refractivity contribution in [3.8, 4) is 22.9 Å². The SMILES string of the molecule is N#Cc1cnn2cc(OCCN3CC4CC(C3)O4)cc(-c3ccc(N4CC5CC(C4)N5CCN4CCOCC4)nc3)c12. The molecule has 0 aromatic carbocycles. The van der Waals surface area contributed by atoms with Gasteiger partial charge < -0.3 is 19.1 Å². The zero-order valence-electron chi connectivity index (χ0n) is 24.0. The summed E-state index contributed by atoms with van der Waals surface area (Å²) < 4.78 is 19.2. The smallest absolute Gasteiger partial charge is 0.138 e. The van der Waals surface area contributed by atoms with Gasteiger partial charge in [-0.2, -0.15) is 10.4 Å². The number of hydrogen-bond donors (Lipinski definition) is 0. The molecule has 10 heterocycles. The minimum atomic E-state index is 0.394. The first-order chi connectivity index (χ1) is 20.7. The Kier molecular flexibility index (Phi) is 6.97. The topological polar surface area (TPSA) is 94.6 Å². The monoisotopic (exact) mass is 570 g/mol. The van der Waals surface area contributed by atoms with E-state index in [0.29, 0.717) is 36.5 Å². The summed E-state index contributed by atoms with van der Waals surface area (Å²) in [5.74, 6) is 1.75. The summed E-state index contributed by atoms with van der Waals surface area (Å²) >= 11 is 0. The molecule has 0 aliphatic carbocycles. The minimum absolute atomic E-state index is 0.394. The lowest BCUT2D eigenvalue weighted by Crippen LogP contribution is -2.69. The third-order valence-electron chi connectivity index (χ3n) is 9.72. The van der Waals surface area contributed by atoms with Gasteiger partial charge in [-0.1, -0.05) is 0 Å². The van der Waals surface area contributed by atoms with Crippen molar-refractivity contribution in [3.63, 3.8) is 0 Å². The zero-order valence-corrected chi connectivity index (χ0v) is 24.0. The molecule has 7 aliphatic heterocycles. The molecule has 4 bridgehead atoms. The van der Waals surface area contributed by atoms with Crippen LogP contribution in [0.25, 0.3) is 16.6 Å². The zero-order chi connectivity index (χ0) is 28.0. The van der Waals surface area contributed by atoms with Gasteiger partial charge in [0.2, 0.25) is 0 Å². The molecule has 7 aliphatic rings. The van der Waals surface area contributed by atoms with E-state index in [1.807, 2.05) is 18.5 Å². The third kappa shape index (κ3) is 5.01. The molecular formula is C31H38N8O3. The molecule has 3 aromatic heterocycles. The molecule has 11 heteroatoms. The van der Waals surface area contributed by atoms with Gasteiger partial charge in [-0.25, -0.2) is 9.50 Å². The molecule has 0 radical (unpaired) electrons. The van der Waals surface area contributed by atoms with Gasteiger partial charge in [-0.15, -0.1) is 0 Å². The fourth-order valence-electron chi connectivity index (χ4n) is 7.45. The van der Waals surface area contributed by atoms with E-state index in [1.165, 1.54) is 12.8 Å². The number of morpholine rings is 2. The lowest BCUT2D eigenvalue weighted by atomic mass is 9.87. The van der Waals surface area contributed by atoms with E-state index < -0.39 is 0 Å². The number of piperidine rings is 2. The standard InChI is InChI=1S/C31H38N8O3/c32-14-23-16-34-39-21-26(41-10-7-36-19-27-12-28(20-36)42-27)13-29(31(23)39)22-1-2-30(33-15-22)37-17-24-11-25(18-37)38(24)4-3-35-5-8-40-9-6-35/h1-2,13,15-16,21,24-25,27-28H,3-12,17-20H2. The van der Waals surface area contributed by atoms with Gasteiger partial charge >= 0.3 is 0 Å². The molecule has 4 atom stereocenters. The van der Waals surface area contributed by atoms with Crippen LogP contribution in [-0.2, 0) is 9.47 Å². The number of nitriles is 1. The van der Waals surface area contributed by atoms with Gasteiger partial charge in [-0.05, 0) is 24.6 Å². The summed E-state index contributed by atoms with van der Waals surface area (Å²) in [7, 11) is 0. The fourth-order valence-corrected chi connectivity index (χ4v) is 7.45. The van der Waals surface area contributed by atoms with E-state index in [-0.39, 0.29) is 0 Å². The first-order valence-electron chi connectivity index (χ1n) is 15.4. The van der Waals surface area contributed by atoms with Crippen molar-refractivity contribution < 1.29 is 14.2 Å². The molecule has 11 nitrogen and oxygen atoms in total. The Hall–Kier alpha value is -3.27. The van der Waals surface area contributed by atoms with E-state index in [4.69, 9.17) is 19.2 Å². The fraction of sp³-hybridized carbons (Fsp3) is 0.581. The highest BCUT2D eigenvalue weighted by Gasteiger charge is 2.44. The number of fused-ring (bicyclic) bond motifs is 5. The molecular weight excluding hydrogens is 532 g/mol. The van der Waals surface area contributed by atoms with Crippen molar-refractivity contribution in [2.45, 2.75) is 37.1 Å². The van der Waals surface area contributed by atoms with Gasteiger partial charge in [0.15, 0.2) is 0 Å². The van der Waals surface area contributed by atoms with Crippen molar-refractivity contribution in [3.05, 3.63) is 42.4 Å². The molecule has 0 N–H and O–H groups in total. The number of piperazine rings is 1. The molecule has 0 spiro atoms. The van der Waals surface area contributed by atoms with E-state index in [1.54, 1.807) is 10.7 Å². The molecule has 220 valence electrons. The molecule has 42 heavy (non-hydrogen) atoms. The molecule has 7 fully saturated rings. The number of ether oxygens (including phenoxy) is 3. The lowest BCUT2D eigenvalue weighted by molar-refractivity contribution is -0.181. The maximum absolute atomic E-state index is 9.77. The number of nitrogens with zero attached hydrogens (tertiary/aromatic N) is 8. The van der Waals surface area contributed by atoms with Gasteiger partial charge in [0.05, 0.1) is 48.9 Å². The predicted molar refractivity (Wildman–Crippen MR) is 157 cm³/mol. The Balaban J connectivity index is 0.939. The van der Waals surface area contributed by atoms with E-state index in [0.717, 1.165) is 100 Å². The summed E-state index contributed by atoms with van der Waals surface area (Å²) in [6.45, 7) is 11.6. The van der Waals surface area contributed by atoms with Crippen molar-refractivity contribution >= 4 is 11.3 Å². The molecule has 7 saturated heterocycles. The normalized spacial score (nSPS) is 27.8. The first kappa shape index (κ1) is 26.4. The minimum Gasteiger partial charge on any atom is -0.491 e. The average molecular weight is 571 g/mol. The molecule has 10 rings (SSSR count). The van der Waals surface area contributed by atoms with Crippen molar-refractivity contribution in [1.82, 2.24) is 29.3 Å². The largest absolute Gasteiger partial charge is 0.491 e. The maximum atomic E-state index is 9.77. The number of hydrogen-bond acceptors (Lipinski definition) is 10. The Morgan fingerprint density at radius 2 is 1.76 bits per heavy atom. The highest BCUT2D eigenvalue weighted by atomic mass is 16.5. The van der Waals surface area contributed by atoms with Crippen molar-refractivity contribution in [2.75, 3.05) is 83.6 Å². The van der Waals surface area contributed by atoms with Crippen molar-refractivity contribution in [1.29, 1.82) is 5.26 Å². The lowest BCUT2D eigenvalue weighted by Gasteiger charge is -2.57. The second-order valence-electron chi connectivity index (χ2n) is 12.3. The van der Waals surface area contributed by atoms with Crippen LogP contribution in [0.15, 0.2) is 36.8 Å². The predicted octanol–water partition coefficient (Wildman–Crippen LogP) is 1.71. The second kappa shape index (κ2) is 11.1. The van der Waals surface area contributed by atoms with Crippen molar-refractivity contribution in [2.24, 2.45) is 0 Å². The van der Waals surface area contributed by atoms with Crippen LogP contribution in [0.2, 0.25) is 0 Å². The van der Waals surface area contributed by atoms with Gasteiger partial charge in [-0.3, -0.25) is 14.7 Å². The maximum Gasteiger partial charge on any atom is 0.138 e. The Morgan fingerprint density at radius 3 is 2.50 bits per heavy atom. The van der Waals surface area contributed by atoms with Crippen LogP contribution in [0.1, 0.15) is 18.4 Å². The number of anilines is 1. The van der Waals surface area contributed by atoms with Crippen LogP contribution in [0.5, 0.6) is 5.75 Å². The Morgan fingerprint density at radius 1 is 0.952 bits per heavy atom. The summed E-state index contributed by atoms with van der Waals surface area (Å²) in [6, 6.07) is 9.76. The summed E-state index contributed by atoms with van der Waals surface area (Å²) in [6.07, 6.45) is 8.68. The Bertz CT molecular complexity index is 1440. The van der Waals surface area contributed by atoms with Gasteiger partial charge in [0, 0.05) is 94.7 Å². The summed E-state index contributed by atoms with van der Waals surface area (Å²) in [4.78, 5) is 15.0. The average Bonchev–Trinajstić information content (AvgIpc) is 3.44. The molecule has 0 saturated carbocycles. The van der Waals surface area contributed by atoms with Gasteiger partial charge in [0.1, 0.15) is 24.2 Å². The van der Waals surface area contributed by atoms with E-state index >= 15 is 0 Å². The second-order valence-corrected chi connectivity index (χ2v) is 12.3.